The Morgan fingerprint density at radius 3 is 2.88 bits per heavy atom. The van der Waals surface area contributed by atoms with Gasteiger partial charge in [-0.15, -0.1) is 0 Å². The van der Waals surface area contributed by atoms with Gasteiger partial charge in [-0.05, 0) is 37.5 Å². The van der Waals surface area contributed by atoms with Crippen LogP contribution >= 0.6 is 0 Å². The summed E-state index contributed by atoms with van der Waals surface area (Å²) in [6, 6.07) is 3.79. The first-order valence-electron chi connectivity index (χ1n) is 8.28. The van der Waals surface area contributed by atoms with Crippen molar-refractivity contribution in [3.05, 3.63) is 36.1 Å². The number of ether oxygens (including phenoxy) is 1. The monoisotopic (exact) mass is 343 g/mol. The second kappa shape index (κ2) is 8.27. The summed E-state index contributed by atoms with van der Waals surface area (Å²) >= 11 is 0. The highest BCUT2D eigenvalue weighted by atomic mass is 16.5. The van der Waals surface area contributed by atoms with Crippen molar-refractivity contribution in [2.45, 2.75) is 25.8 Å². The van der Waals surface area contributed by atoms with Gasteiger partial charge in [-0.25, -0.2) is 0 Å². The number of carbonyl (C=O) groups excluding carboxylic acids is 1. The summed E-state index contributed by atoms with van der Waals surface area (Å²) in [6.45, 7) is 2.04. The largest absolute Gasteiger partial charge is 0.467 e. The summed E-state index contributed by atoms with van der Waals surface area (Å²) in [5.41, 5.74) is 0. The molecule has 0 spiro atoms. The Morgan fingerprint density at radius 2 is 2.16 bits per heavy atom. The van der Waals surface area contributed by atoms with Gasteiger partial charge in [0.1, 0.15) is 5.76 Å². The third-order valence-electron chi connectivity index (χ3n) is 3.83. The summed E-state index contributed by atoms with van der Waals surface area (Å²) in [5.74, 6) is 1.42. The minimum Gasteiger partial charge on any atom is -0.467 e. The van der Waals surface area contributed by atoms with E-state index in [1.54, 1.807) is 24.5 Å². The predicted octanol–water partition coefficient (Wildman–Crippen LogP) is 1.79. The number of carbonyl (C=O) groups is 1. The van der Waals surface area contributed by atoms with Crippen LogP contribution in [0.4, 0.5) is 5.95 Å². The van der Waals surface area contributed by atoms with Crippen LogP contribution in [0.15, 0.2) is 28.9 Å². The lowest BCUT2D eigenvalue weighted by Crippen LogP contribution is -2.32. The molecule has 2 aromatic heterocycles. The number of piperidine rings is 1. The van der Waals surface area contributed by atoms with Crippen molar-refractivity contribution in [3.63, 3.8) is 0 Å². The zero-order chi connectivity index (χ0) is 17.5. The summed E-state index contributed by atoms with van der Waals surface area (Å²) in [6.07, 6.45) is 8.03. The molecule has 1 N–H and O–H groups in total. The predicted molar refractivity (Wildman–Crippen MR) is 92.0 cm³/mol. The lowest BCUT2D eigenvalue weighted by atomic mass is 10.1. The quantitative estimate of drug-likeness (QED) is 0.799. The van der Waals surface area contributed by atoms with Crippen LogP contribution in [-0.4, -0.2) is 41.1 Å². The van der Waals surface area contributed by atoms with Crippen LogP contribution < -0.4 is 15.0 Å². The maximum atomic E-state index is 11.9. The molecule has 1 fully saturated rings. The van der Waals surface area contributed by atoms with E-state index in [0.29, 0.717) is 17.5 Å². The van der Waals surface area contributed by atoms with Crippen LogP contribution in [-0.2, 0) is 11.3 Å². The molecule has 132 valence electrons. The zero-order valence-electron chi connectivity index (χ0n) is 14.1. The van der Waals surface area contributed by atoms with Gasteiger partial charge in [0.25, 0.3) is 0 Å². The minimum absolute atomic E-state index is 0.195. The van der Waals surface area contributed by atoms with Crippen LogP contribution in [0, 0.1) is 0 Å². The molecule has 25 heavy (non-hydrogen) atoms. The van der Waals surface area contributed by atoms with E-state index in [9.17, 15) is 4.79 Å². The van der Waals surface area contributed by atoms with Crippen LogP contribution in [0.1, 0.15) is 30.8 Å². The van der Waals surface area contributed by atoms with Gasteiger partial charge in [-0.2, -0.15) is 15.0 Å². The molecular formula is C17H21N5O3. The molecule has 8 heteroatoms. The number of methoxy groups -OCH3 is 1. The van der Waals surface area contributed by atoms with Gasteiger partial charge in [0.2, 0.25) is 11.9 Å². The van der Waals surface area contributed by atoms with Crippen LogP contribution in [0.5, 0.6) is 6.01 Å². The third-order valence-corrected chi connectivity index (χ3v) is 3.83. The molecule has 0 radical (unpaired) electrons. The summed E-state index contributed by atoms with van der Waals surface area (Å²) in [7, 11) is 1.52. The van der Waals surface area contributed by atoms with E-state index in [1.807, 2.05) is 0 Å². The second-order valence-electron chi connectivity index (χ2n) is 5.65. The molecule has 0 unspecified atom stereocenters. The summed E-state index contributed by atoms with van der Waals surface area (Å²) < 4.78 is 10.3. The average Bonchev–Trinajstić information content (AvgIpc) is 3.19. The first kappa shape index (κ1) is 16.9. The highest BCUT2D eigenvalue weighted by Gasteiger charge is 2.16. The normalized spacial score (nSPS) is 14.7. The van der Waals surface area contributed by atoms with E-state index in [0.717, 1.165) is 25.9 Å². The smallest absolute Gasteiger partial charge is 0.321 e. The van der Waals surface area contributed by atoms with Crippen LogP contribution in [0.25, 0.3) is 6.08 Å². The Morgan fingerprint density at radius 1 is 1.32 bits per heavy atom. The lowest BCUT2D eigenvalue weighted by Gasteiger charge is -2.26. The van der Waals surface area contributed by atoms with E-state index in [-0.39, 0.29) is 18.5 Å². The molecule has 0 atom stereocenters. The van der Waals surface area contributed by atoms with Crippen LogP contribution in [0.2, 0.25) is 0 Å². The molecule has 1 aliphatic rings. The fourth-order valence-corrected chi connectivity index (χ4v) is 2.56. The van der Waals surface area contributed by atoms with Crippen molar-refractivity contribution in [2.75, 3.05) is 25.1 Å². The molecule has 0 aromatic carbocycles. The molecule has 1 saturated heterocycles. The number of hydrogen-bond donors (Lipinski definition) is 1. The van der Waals surface area contributed by atoms with Crippen molar-refractivity contribution >= 4 is 17.9 Å². The molecule has 0 saturated carbocycles. The highest BCUT2D eigenvalue weighted by molar-refractivity contribution is 5.91. The molecule has 8 nitrogen and oxygen atoms in total. The lowest BCUT2D eigenvalue weighted by molar-refractivity contribution is -0.116. The standard InChI is InChI=1S/C17H21N5O3/c1-24-17-20-14(19-16(21-17)22-9-3-2-4-10-22)12-18-15(23)8-7-13-6-5-11-25-13/h5-8,11H,2-4,9-10,12H2,1H3,(H,18,23)/b8-7+. The number of nitrogens with zero attached hydrogens (tertiary/aromatic N) is 4. The highest BCUT2D eigenvalue weighted by Crippen LogP contribution is 2.17. The molecule has 3 heterocycles. The van der Waals surface area contributed by atoms with E-state index in [1.165, 1.54) is 19.6 Å². The first-order valence-corrected chi connectivity index (χ1v) is 8.28. The Hall–Kier alpha value is -2.90. The van der Waals surface area contributed by atoms with Crippen LogP contribution in [0.3, 0.4) is 0 Å². The molecular weight excluding hydrogens is 322 g/mol. The number of amides is 1. The SMILES string of the molecule is COc1nc(CNC(=O)/C=C/c2ccco2)nc(N2CCCCC2)n1. The zero-order valence-corrected chi connectivity index (χ0v) is 14.1. The minimum atomic E-state index is -0.254. The Labute approximate surface area is 145 Å². The summed E-state index contributed by atoms with van der Waals surface area (Å²) in [4.78, 5) is 27.0. The van der Waals surface area contributed by atoms with Crippen molar-refractivity contribution in [2.24, 2.45) is 0 Å². The number of anilines is 1. The van der Waals surface area contributed by atoms with Crippen molar-refractivity contribution in [3.8, 4) is 6.01 Å². The Bertz CT molecular complexity index is 724. The van der Waals surface area contributed by atoms with Crippen molar-refractivity contribution < 1.29 is 13.9 Å². The van der Waals surface area contributed by atoms with Gasteiger partial charge >= 0.3 is 6.01 Å². The number of rotatable bonds is 6. The van der Waals surface area contributed by atoms with Crippen molar-refractivity contribution in [1.82, 2.24) is 20.3 Å². The second-order valence-corrected chi connectivity index (χ2v) is 5.65. The first-order chi connectivity index (χ1) is 12.2. The van der Waals surface area contributed by atoms with Gasteiger partial charge in [0.15, 0.2) is 5.82 Å². The number of furan rings is 1. The van der Waals surface area contributed by atoms with Gasteiger partial charge < -0.3 is 19.4 Å². The summed E-state index contributed by atoms with van der Waals surface area (Å²) in [5, 5.41) is 2.75. The maximum Gasteiger partial charge on any atom is 0.321 e. The fourth-order valence-electron chi connectivity index (χ4n) is 2.56. The molecule has 3 rings (SSSR count). The van der Waals surface area contributed by atoms with Gasteiger partial charge in [-0.3, -0.25) is 4.79 Å². The average molecular weight is 343 g/mol. The van der Waals surface area contributed by atoms with Gasteiger partial charge in [0.05, 0.1) is 19.9 Å². The molecule has 1 amide bonds. The van der Waals surface area contributed by atoms with Crippen molar-refractivity contribution in [1.29, 1.82) is 0 Å². The Kier molecular flexibility index (Phi) is 5.61. The van der Waals surface area contributed by atoms with E-state index < -0.39 is 0 Å². The van der Waals surface area contributed by atoms with Gasteiger partial charge in [-0.1, -0.05) is 0 Å². The van der Waals surface area contributed by atoms with E-state index in [4.69, 9.17) is 9.15 Å². The number of hydrogen-bond acceptors (Lipinski definition) is 7. The molecule has 2 aromatic rings. The molecule has 0 aliphatic carbocycles. The van der Waals surface area contributed by atoms with Gasteiger partial charge in [0, 0.05) is 19.2 Å². The fraction of sp³-hybridized carbons (Fsp3) is 0.412. The van der Waals surface area contributed by atoms with E-state index >= 15 is 0 Å². The Balaban J connectivity index is 1.63. The number of nitrogens with one attached hydrogen (secondary N) is 1. The molecule has 0 bridgehead atoms. The van der Waals surface area contributed by atoms with E-state index in [2.05, 4.69) is 25.2 Å². The molecule has 1 aliphatic heterocycles. The maximum absolute atomic E-state index is 11.9. The number of aromatic nitrogens is 3. The topological polar surface area (TPSA) is 93.4 Å². The third kappa shape index (κ3) is 4.79.